The van der Waals surface area contributed by atoms with E-state index in [0.29, 0.717) is 22.5 Å². The number of methoxy groups -OCH3 is 1. The predicted octanol–water partition coefficient (Wildman–Crippen LogP) is 3.66. The molecule has 1 fully saturated rings. The summed E-state index contributed by atoms with van der Waals surface area (Å²) in [6, 6.07) is 9.69. The summed E-state index contributed by atoms with van der Waals surface area (Å²) in [4.78, 5) is 26.8. The van der Waals surface area contributed by atoms with Crippen LogP contribution in [0.3, 0.4) is 0 Å². The van der Waals surface area contributed by atoms with E-state index < -0.39 is 0 Å². The SMILES string of the molecule is C=C(/C=N\C=C(/N)OC)c1cc2cc[nH]c(=O)c2c(Nc2ccc(-c3cnn(CCN4CCOCC4)c3)c(C)c2)n1. The third-order valence-electron chi connectivity index (χ3n) is 6.93. The lowest BCUT2D eigenvalue weighted by atomic mass is 10.0. The number of fused-ring (bicyclic) bond motifs is 1. The van der Waals surface area contributed by atoms with Crippen LogP contribution in [-0.2, 0) is 16.0 Å². The van der Waals surface area contributed by atoms with Crippen molar-refractivity contribution < 1.29 is 9.47 Å². The highest BCUT2D eigenvalue weighted by Gasteiger charge is 2.14. The number of nitrogens with zero attached hydrogens (tertiary/aromatic N) is 5. The molecule has 4 aromatic rings. The van der Waals surface area contributed by atoms with Gasteiger partial charge in [0.25, 0.3) is 5.56 Å². The van der Waals surface area contributed by atoms with E-state index in [1.165, 1.54) is 19.5 Å². The van der Waals surface area contributed by atoms with E-state index in [-0.39, 0.29) is 11.4 Å². The van der Waals surface area contributed by atoms with Gasteiger partial charge in [-0.1, -0.05) is 12.6 Å². The highest BCUT2D eigenvalue weighted by Crippen LogP contribution is 2.29. The fourth-order valence-corrected chi connectivity index (χ4v) is 4.68. The number of morpholine rings is 1. The maximum absolute atomic E-state index is 12.8. The van der Waals surface area contributed by atoms with Crippen LogP contribution in [0, 0.1) is 6.92 Å². The van der Waals surface area contributed by atoms with Crippen molar-refractivity contribution in [2.45, 2.75) is 13.5 Å². The number of H-pyrrole nitrogens is 1. The number of rotatable bonds is 10. The maximum atomic E-state index is 12.8. The van der Waals surface area contributed by atoms with Gasteiger partial charge >= 0.3 is 0 Å². The zero-order valence-electron chi connectivity index (χ0n) is 23.3. The summed E-state index contributed by atoms with van der Waals surface area (Å²) in [5.41, 5.74) is 10.5. The summed E-state index contributed by atoms with van der Waals surface area (Å²) >= 11 is 0. The third-order valence-corrected chi connectivity index (χ3v) is 6.93. The molecule has 5 rings (SSSR count). The first kappa shape index (κ1) is 27.8. The number of ether oxygens (including phenoxy) is 2. The second kappa shape index (κ2) is 12.6. The van der Waals surface area contributed by atoms with E-state index in [1.807, 2.05) is 29.1 Å². The Balaban J connectivity index is 1.37. The van der Waals surface area contributed by atoms with Crippen molar-refractivity contribution in [2.75, 3.05) is 45.3 Å². The number of benzene rings is 1. The Hall–Kier alpha value is -4.74. The number of pyridine rings is 2. The number of aliphatic imine (C=N–C) groups is 1. The van der Waals surface area contributed by atoms with Crippen LogP contribution in [-0.4, -0.2) is 70.8 Å². The molecule has 4 N–H and O–H groups in total. The van der Waals surface area contributed by atoms with Crippen molar-refractivity contribution in [2.24, 2.45) is 10.7 Å². The van der Waals surface area contributed by atoms with E-state index in [1.54, 1.807) is 12.3 Å². The Morgan fingerprint density at radius 3 is 2.88 bits per heavy atom. The summed E-state index contributed by atoms with van der Waals surface area (Å²) in [5.74, 6) is 0.595. The molecule has 1 saturated heterocycles. The van der Waals surface area contributed by atoms with Crippen molar-refractivity contribution in [1.82, 2.24) is 24.6 Å². The van der Waals surface area contributed by atoms with Crippen molar-refractivity contribution in [3.8, 4) is 11.1 Å². The van der Waals surface area contributed by atoms with Gasteiger partial charge in [-0.25, -0.2) is 4.98 Å². The minimum Gasteiger partial charge on any atom is -0.482 e. The van der Waals surface area contributed by atoms with Crippen molar-refractivity contribution in [3.05, 3.63) is 89.2 Å². The molecule has 1 aliphatic heterocycles. The van der Waals surface area contributed by atoms with Crippen molar-refractivity contribution >= 4 is 34.1 Å². The number of aromatic amines is 1. The van der Waals surface area contributed by atoms with Crippen LogP contribution in [0.1, 0.15) is 11.3 Å². The van der Waals surface area contributed by atoms with Gasteiger partial charge in [-0.15, -0.1) is 0 Å². The molecule has 212 valence electrons. The fourth-order valence-electron chi connectivity index (χ4n) is 4.68. The number of aromatic nitrogens is 4. The summed E-state index contributed by atoms with van der Waals surface area (Å²) in [6.07, 6.45) is 8.51. The lowest BCUT2D eigenvalue weighted by Gasteiger charge is -2.26. The molecule has 0 radical (unpaired) electrons. The third kappa shape index (κ3) is 6.71. The van der Waals surface area contributed by atoms with Gasteiger partial charge in [0.1, 0.15) is 5.82 Å². The Morgan fingerprint density at radius 1 is 1.27 bits per heavy atom. The first-order valence-electron chi connectivity index (χ1n) is 13.4. The Kier molecular flexibility index (Phi) is 8.56. The second-order valence-electron chi connectivity index (χ2n) is 9.77. The number of nitrogens with one attached hydrogen (secondary N) is 2. The molecule has 11 nitrogen and oxygen atoms in total. The summed E-state index contributed by atoms with van der Waals surface area (Å²) in [6.45, 7) is 11.4. The number of anilines is 2. The summed E-state index contributed by atoms with van der Waals surface area (Å²) in [5, 5.41) is 9.09. The van der Waals surface area contributed by atoms with Gasteiger partial charge in [0.15, 0.2) is 0 Å². The van der Waals surface area contributed by atoms with Crippen LogP contribution >= 0.6 is 0 Å². The zero-order valence-corrected chi connectivity index (χ0v) is 23.3. The smallest absolute Gasteiger partial charge is 0.259 e. The monoisotopic (exact) mass is 554 g/mol. The zero-order chi connectivity index (χ0) is 28.8. The average Bonchev–Trinajstić information content (AvgIpc) is 3.45. The molecule has 0 unspecified atom stereocenters. The highest BCUT2D eigenvalue weighted by atomic mass is 16.5. The molecule has 0 aliphatic carbocycles. The van der Waals surface area contributed by atoms with Crippen LogP contribution < -0.4 is 16.6 Å². The Labute approximate surface area is 238 Å². The summed E-state index contributed by atoms with van der Waals surface area (Å²) < 4.78 is 12.3. The van der Waals surface area contributed by atoms with Crippen molar-refractivity contribution in [1.29, 1.82) is 0 Å². The normalized spacial score (nSPS) is 14.5. The maximum Gasteiger partial charge on any atom is 0.259 e. The molecule has 11 heteroatoms. The van der Waals surface area contributed by atoms with E-state index in [9.17, 15) is 4.79 Å². The summed E-state index contributed by atoms with van der Waals surface area (Å²) in [7, 11) is 1.46. The van der Waals surface area contributed by atoms with E-state index in [0.717, 1.165) is 67.2 Å². The molecular weight excluding hydrogens is 520 g/mol. The standard InChI is InChI=1S/C30H34N8O3/c1-20-14-24(4-5-25(20)23-17-34-38(19-23)9-8-37-10-12-41-13-11-37)35-29-28-22(6-7-33-30(28)39)15-26(36-29)21(2)16-32-18-27(31)40-3/h4-7,14-19H,2,8-13,31H2,1,3H3,(H,33,39)(H,35,36)/b27-18+,32-16-. The minimum atomic E-state index is -0.239. The van der Waals surface area contributed by atoms with Crippen LogP contribution in [0.4, 0.5) is 11.5 Å². The molecule has 41 heavy (non-hydrogen) atoms. The molecule has 1 aromatic carbocycles. The first-order chi connectivity index (χ1) is 19.9. The van der Waals surface area contributed by atoms with Gasteiger partial charge in [0, 0.05) is 55.1 Å². The van der Waals surface area contributed by atoms with E-state index in [4.69, 9.17) is 20.2 Å². The first-order valence-corrected chi connectivity index (χ1v) is 13.4. The van der Waals surface area contributed by atoms with Crippen LogP contribution in [0.5, 0.6) is 0 Å². The van der Waals surface area contributed by atoms with Gasteiger partial charge in [-0.2, -0.15) is 5.10 Å². The van der Waals surface area contributed by atoms with E-state index in [2.05, 4.69) is 51.1 Å². The number of nitrogens with two attached hydrogens (primary N) is 1. The van der Waals surface area contributed by atoms with Gasteiger partial charge < -0.3 is 25.5 Å². The Morgan fingerprint density at radius 2 is 2.10 bits per heavy atom. The highest BCUT2D eigenvalue weighted by molar-refractivity contribution is 6.10. The lowest BCUT2D eigenvalue weighted by Crippen LogP contribution is -2.38. The second-order valence-corrected chi connectivity index (χ2v) is 9.77. The van der Waals surface area contributed by atoms with Gasteiger partial charge in [0.05, 0.1) is 50.3 Å². The topological polar surface area (TPSA) is 136 Å². The minimum absolute atomic E-state index is 0.175. The molecule has 0 saturated carbocycles. The van der Waals surface area contributed by atoms with Crippen molar-refractivity contribution in [3.63, 3.8) is 0 Å². The number of aryl methyl sites for hydroxylation is 1. The molecule has 1 aliphatic rings. The fraction of sp³-hybridized carbons (Fsp3) is 0.267. The van der Waals surface area contributed by atoms with Gasteiger partial charge in [-0.05, 0) is 47.7 Å². The van der Waals surface area contributed by atoms with Gasteiger partial charge in [0.2, 0.25) is 5.88 Å². The van der Waals surface area contributed by atoms with Crippen LogP contribution in [0.15, 0.2) is 77.4 Å². The molecule has 0 bridgehead atoms. The largest absolute Gasteiger partial charge is 0.482 e. The molecule has 0 atom stereocenters. The molecule has 3 aromatic heterocycles. The average molecular weight is 555 g/mol. The lowest BCUT2D eigenvalue weighted by molar-refractivity contribution is 0.0360. The number of hydrogen-bond donors (Lipinski definition) is 3. The molecule has 0 spiro atoms. The van der Waals surface area contributed by atoms with Gasteiger partial charge in [-0.3, -0.25) is 19.4 Å². The molecular formula is C30H34N8O3. The van der Waals surface area contributed by atoms with Crippen LogP contribution in [0.25, 0.3) is 27.5 Å². The Bertz CT molecular complexity index is 1660. The predicted molar refractivity (Wildman–Crippen MR) is 162 cm³/mol. The molecule has 0 amide bonds. The quantitative estimate of drug-likeness (QED) is 0.200. The van der Waals surface area contributed by atoms with E-state index >= 15 is 0 Å². The number of hydrogen-bond acceptors (Lipinski definition) is 9. The molecule has 4 heterocycles. The van der Waals surface area contributed by atoms with Crippen LogP contribution in [0.2, 0.25) is 0 Å². The number of allylic oxidation sites excluding steroid dienone is 1.